The maximum absolute atomic E-state index is 12.1. The molecule has 2 aromatic heterocycles. The molecule has 0 aliphatic rings. The van der Waals surface area contributed by atoms with Crippen LogP contribution in [0.5, 0.6) is 5.88 Å². The molecule has 0 radical (unpaired) electrons. The number of carbonyl (C=O) groups excluding carboxylic acids is 1. The first kappa shape index (κ1) is 14.2. The highest BCUT2D eigenvalue weighted by Crippen LogP contribution is 2.20. The first-order valence-electron chi connectivity index (χ1n) is 6.55. The zero-order valence-corrected chi connectivity index (χ0v) is 11.7. The van der Waals surface area contributed by atoms with E-state index >= 15 is 0 Å². The van der Waals surface area contributed by atoms with Crippen LogP contribution in [-0.2, 0) is 0 Å². The van der Waals surface area contributed by atoms with Gasteiger partial charge in [0.15, 0.2) is 0 Å². The van der Waals surface area contributed by atoms with Crippen LogP contribution in [0.3, 0.4) is 0 Å². The van der Waals surface area contributed by atoms with Crippen LogP contribution in [0, 0.1) is 11.3 Å². The molecule has 0 aliphatic heterocycles. The second kappa shape index (κ2) is 5.95. The topological polar surface area (TPSA) is 117 Å². The lowest BCUT2D eigenvalue weighted by Gasteiger charge is -2.07. The molecule has 1 aromatic carbocycles. The van der Waals surface area contributed by atoms with Crippen molar-refractivity contribution in [3.63, 3.8) is 0 Å². The Morgan fingerprint density at radius 1 is 1.35 bits per heavy atom. The Balaban J connectivity index is 1.82. The second-order valence-corrected chi connectivity index (χ2v) is 4.50. The van der Waals surface area contributed by atoms with Crippen molar-refractivity contribution in [3.05, 3.63) is 60.0 Å². The molecule has 23 heavy (non-hydrogen) atoms. The summed E-state index contributed by atoms with van der Waals surface area (Å²) in [6.45, 7) is 0. The number of nitrogens with one attached hydrogen (secondary N) is 1. The van der Waals surface area contributed by atoms with Gasteiger partial charge in [0.05, 0.1) is 17.8 Å². The van der Waals surface area contributed by atoms with Crippen molar-refractivity contribution in [1.29, 1.82) is 5.26 Å². The van der Waals surface area contributed by atoms with Gasteiger partial charge in [0.1, 0.15) is 5.69 Å². The third-order valence-electron chi connectivity index (χ3n) is 2.97. The van der Waals surface area contributed by atoms with Crippen LogP contribution < -0.4 is 5.32 Å². The summed E-state index contributed by atoms with van der Waals surface area (Å²) < 4.78 is 1.38. The molecule has 0 aliphatic carbocycles. The van der Waals surface area contributed by atoms with Crippen LogP contribution in [0.25, 0.3) is 5.95 Å². The van der Waals surface area contributed by atoms with Crippen molar-refractivity contribution in [2.45, 2.75) is 0 Å². The molecule has 8 nitrogen and oxygen atoms in total. The molecule has 0 saturated heterocycles. The largest absolute Gasteiger partial charge is 0.492 e. The minimum absolute atomic E-state index is 0.0632. The fraction of sp³-hybridized carbons (Fsp3) is 0. The van der Waals surface area contributed by atoms with Gasteiger partial charge in [-0.25, -0.2) is 9.67 Å². The Hall–Kier alpha value is -3.73. The molecule has 3 rings (SSSR count). The summed E-state index contributed by atoms with van der Waals surface area (Å²) >= 11 is 0. The first-order valence-corrected chi connectivity index (χ1v) is 6.55. The molecule has 1 amide bonds. The normalized spacial score (nSPS) is 10.0. The van der Waals surface area contributed by atoms with E-state index in [1.54, 1.807) is 36.7 Å². The van der Waals surface area contributed by atoms with E-state index in [4.69, 9.17) is 5.26 Å². The van der Waals surface area contributed by atoms with Crippen molar-refractivity contribution in [1.82, 2.24) is 19.7 Å². The first-order chi connectivity index (χ1) is 11.2. The number of benzene rings is 1. The Morgan fingerprint density at radius 3 is 2.91 bits per heavy atom. The maximum Gasteiger partial charge on any atom is 0.255 e. The number of rotatable bonds is 3. The second-order valence-electron chi connectivity index (χ2n) is 4.50. The number of nitriles is 1. The number of nitrogens with zero attached hydrogens (tertiary/aromatic N) is 5. The zero-order chi connectivity index (χ0) is 16.2. The summed E-state index contributed by atoms with van der Waals surface area (Å²) in [5.74, 6) is -0.680. The summed E-state index contributed by atoms with van der Waals surface area (Å²) in [6.07, 6.45) is 4.46. The molecule has 2 N–H and O–H groups in total. The van der Waals surface area contributed by atoms with Crippen molar-refractivity contribution in [3.8, 4) is 17.9 Å². The number of hydrogen-bond donors (Lipinski definition) is 2. The zero-order valence-electron chi connectivity index (χ0n) is 11.7. The van der Waals surface area contributed by atoms with Crippen LogP contribution >= 0.6 is 0 Å². The van der Waals surface area contributed by atoms with Gasteiger partial charge in [-0.3, -0.25) is 4.79 Å². The molecule has 3 aromatic rings. The van der Waals surface area contributed by atoms with E-state index in [0.29, 0.717) is 11.1 Å². The molecular formula is C15H10N6O2. The quantitative estimate of drug-likeness (QED) is 0.757. The van der Waals surface area contributed by atoms with Gasteiger partial charge in [0.25, 0.3) is 11.9 Å². The summed E-state index contributed by atoms with van der Waals surface area (Å²) in [7, 11) is 0. The van der Waals surface area contributed by atoms with E-state index in [-0.39, 0.29) is 17.5 Å². The van der Waals surface area contributed by atoms with E-state index in [1.807, 2.05) is 6.07 Å². The molecular weight excluding hydrogens is 296 g/mol. The lowest BCUT2D eigenvalue weighted by molar-refractivity contribution is 0.102. The third kappa shape index (κ3) is 2.98. The molecule has 0 spiro atoms. The average Bonchev–Trinajstić information content (AvgIpc) is 3.11. The molecule has 0 atom stereocenters. The molecule has 112 valence electrons. The molecule has 0 unspecified atom stereocenters. The lowest BCUT2D eigenvalue weighted by atomic mass is 10.1. The van der Waals surface area contributed by atoms with Crippen molar-refractivity contribution in [2.24, 2.45) is 0 Å². The van der Waals surface area contributed by atoms with Gasteiger partial charge in [0, 0.05) is 18.0 Å². The van der Waals surface area contributed by atoms with Crippen molar-refractivity contribution >= 4 is 11.6 Å². The Labute approximate surface area is 130 Å². The fourth-order valence-electron chi connectivity index (χ4n) is 1.87. The summed E-state index contributed by atoms with van der Waals surface area (Å²) in [4.78, 5) is 20.0. The Kier molecular flexibility index (Phi) is 3.68. The highest BCUT2D eigenvalue weighted by molar-refractivity contribution is 6.04. The predicted molar refractivity (Wildman–Crippen MR) is 79.9 cm³/mol. The number of aromatic hydroxyl groups is 1. The number of hydrogen-bond acceptors (Lipinski definition) is 6. The molecule has 2 heterocycles. The van der Waals surface area contributed by atoms with Gasteiger partial charge in [0.2, 0.25) is 5.88 Å². The number of amides is 1. The van der Waals surface area contributed by atoms with Crippen molar-refractivity contribution in [2.75, 3.05) is 5.32 Å². The standard InChI is InChI=1S/C15H10N6O2/c16-8-10-3-1-4-11(7-10)13(22)19-12-9-17-15(20-14(12)23)21-6-2-5-18-21/h1-7,9H,(H,19,22)(H,17,20,23). The van der Waals surface area contributed by atoms with E-state index in [1.165, 1.54) is 16.9 Å². The predicted octanol–water partition coefficient (Wildman–Crippen LogP) is 1.49. The number of aromatic nitrogens is 4. The molecule has 0 saturated carbocycles. The number of anilines is 1. The van der Waals surface area contributed by atoms with Gasteiger partial charge >= 0.3 is 0 Å². The fourth-order valence-corrected chi connectivity index (χ4v) is 1.87. The van der Waals surface area contributed by atoms with Gasteiger partial charge in [-0.05, 0) is 24.3 Å². The van der Waals surface area contributed by atoms with Crippen LogP contribution in [0.15, 0.2) is 48.9 Å². The molecule has 8 heteroatoms. The summed E-state index contributed by atoms with van der Waals surface area (Å²) in [6, 6.07) is 9.86. The Morgan fingerprint density at radius 2 is 2.22 bits per heavy atom. The highest BCUT2D eigenvalue weighted by Gasteiger charge is 2.12. The molecule has 0 bridgehead atoms. The van der Waals surface area contributed by atoms with E-state index in [2.05, 4.69) is 20.4 Å². The van der Waals surface area contributed by atoms with Crippen LogP contribution in [-0.4, -0.2) is 30.8 Å². The summed E-state index contributed by atoms with van der Waals surface area (Å²) in [5.41, 5.74) is 0.722. The maximum atomic E-state index is 12.1. The van der Waals surface area contributed by atoms with Crippen molar-refractivity contribution < 1.29 is 9.90 Å². The average molecular weight is 306 g/mol. The smallest absolute Gasteiger partial charge is 0.255 e. The van der Waals surface area contributed by atoms with Gasteiger partial charge in [-0.15, -0.1) is 0 Å². The monoisotopic (exact) mass is 306 g/mol. The van der Waals surface area contributed by atoms with Gasteiger partial charge < -0.3 is 10.4 Å². The van der Waals surface area contributed by atoms with Crippen LogP contribution in [0.4, 0.5) is 5.69 Å². The molecule has 0 fully saturated rings. The van der Waals surface area contributed by atoms with Gasteiger partial charge in [-0.1, -0.05) is 6.07 Å². The third-order valence-corrected chi connectivity index (χ3v) is 2.97. The minimum atomic E-state index is -0.479. The van der Waals surface area contributed by atoms with E-state index < -0.39 is 5.91 Å². The Bertz CT molecular complexity index is 899. The summed E-state index contributed by atoms with van der Waals surface area (Å²) in [5, 5.41) is 25.2. The lowest BCUT2D eigenvalue weighted by Crippen LogP contribution is -2.13. The van der Waals surface area contributed by atoms with E-state index in [9.17, 15) is 9.90 Å². The minimum Gasteiger partial charge on any atom is -0.492 e. The SMILES string of the molecule is N#Cc1cccc(C(=O)Nc2cnc(-n3cccn3)nc2O)c1. The van der Waals surface area contributed by atoms with Crippen LogP contribution in [0.1, 0.15) is 15.9 Å². The number of carbonyl (C=O) groups is 1. The van der Waals surface area contributed by atoms with Gasteiger partial charge in [-0.2, -0.15) is 15.3 Å². The van der Waals surface area contributed by atoms with E-state index in [0.717, 1.165) is 0 Å². The van der Waals surface area contributed by atoms with Crippen LogP contribution in [0.2, 0.25) is 0 Å². The highest BCUT2D eigenvalue weighted by atomic mass is 16.3.